The molecule has 3 rings (SSSR count). The molecule has 0 aliphatic carbocycles. The minimum Gasteiger partial charge on any atom is -0.494 e. The van der Waals surface area contributed by atoms with Gasteiger partial charge in [0.2, 0.25) is 5.95 Å². The zero-order chi connectivity index (χ0) is 21.0. The number of methoxy groups -OCH3 is 1. The molecular weight excluding hydrogens is 370 g/mol. The number of benzene rings is 2. The van der Waals surface area contributed by atoms with Crippen LogP contribution in [0.15, 0.2) is 47.3 Å². The first-order valence-electron chi connectivity index (χ1n) is 9.67. The van der Waals surface area contributed by atoms with Crippen molar-refractivity contribution in [1.82, 2.24) is 9.55 Å². The fourth-order valence-electron chi connectivity index (χ4n) is 3.23. The molecule has 0 spiro atoms. The van der Waals surface area contributed by atoms with Crippen molar-refractivity contribution in [2.75, 3.05) is 31.7 Å². The molecule has 0 amide bonds. The van der Waals surface area contributed by atoms with Crippen LogP contribution in [0.4, 0.5) is 5.95 Å². The van der Waals surface area contributed by atoms with Gasteiger partial charge in [-0.15, -0.1) is 0 Å². The highest BCUT2D eigenvalue weighted by Gasteiger charge is 2.18. The summed E-state index contributed by atoms with van der Waals surface area (Å²) in [5.41, 5.74) is 1.32. The second kappa shape index (κ2) is 8.77. The van der Waals surface area contributed by atoms with Gasteiger partial charge in [-0.05, 0) is 63.2 Å². The topological polar surface area (TPSA) is 73.7 Å². The van der Waals surface area contributed by atoms with Gasteiger partial charge < -0.3 is 14.4 Å². The normalized spacial score (nSPS) is 10.8. The maximum atomic E-state index is 13.4. The molecule has 7 heteroatoms. The summed E-state index contributed by atoms with van der Waals surface area (Å²) in [4.78, 5) is 32.0. The summed E-state index contributed by atoms with van der Waals surface area (Å²) in [6, 6.07) is 12.2. The van der Waals surface area contributed by atoms with Crippen LogP contribution in [0.25, 0.3) is 16.6 Å². The number of anilines is 1. The summed E-state index contributed by atoms with van der Waals surface area (Å²) in [5.74, 6) is 0.803. The van der Waals surface area contributed by atoms with Crippen molar-refractivity contribution < 1.29 is 14.3 Å². The molecule has 0 N–H and O–H groups in total. The van der Waals surface area contributed by atoms with Crippen LogP contribution in [0.1, 0.15) is 31.1 Å². The third-order valence-corrected chi connectivity index (χ3v) is 4.72. The number of carbonyl (C=O) groups excluding carboxylic acids is 1. The van der Waals surface area contributed by atoms with E-state index in [4.69, 9.17) is 14.5 Å². The summed E-state index contributed by atoms with van der Waals surface area (Å²) in [7, 11) is 1.32. The number of fused-ring (bicyclic) bond motifs is 1. The van der Waals surface area contributed by atoms with Crippen LogP contribution >= 0.6 is 0 Å². The molecule has 3 aromatic rings. The van der Waals surface area contributed by atoms with Crippen molar-refractivity contribution in [3.8, 4) is 11.4 Å². The Morgan fingerprint density at radius 1 is 1.07 bits per heavy atom. The lowest BCUT2D eigenvalue weighted by Crippen LogP contribution is -2.32. The van der Waals surface area contributed by atoms with Gasteiger partial charge in [-0.2, -0.15) is 0 Å². The van der Waals surface area contributed by atoms with E-state index in [1.165, 1.54) is 7.11 Å². The molecule has 152 valence electrons. The fraction of sp³-hybridized carbons (Fsp3) is 0.318. The summed E-state index contributed by atoms with van der Waals surface area (Å²) < 4.78 is 11.9. The molecule has 1 heterocycles. The Bertz CT molecular complexity index is 1070. The van der Waals surface area contributed by atoms with E-state index in [0.717, 1.165) is 5.75 Å². The maximum Gasteiger partial charge on any atom is 0.337 e. The van der Waals surface area contributed by atoms with Crippen LogP contribution in [0.3, 0.4) is 0 Å². The molecule has 0 radical (unpaired) electrons. The van der Waals surface area contributed by atoms with Crippen LogP contribution < -0.4 is 15.2 Å². The number of aromatic nitrogens is 2. The van der Waals surface area contributed by atoms with Gasteiger partial charge in [0.25, 0.3) is 5.56 Å². The smallest absolute Gasteiger partial charge is 0.337 e. The van der Waals surface area contributed by atoms with E-state index in [1.807, 2.05) is 49.9 Å². The molecule has 1 aromatic heterocycles. The molecule has 0 atom stereocenters. The van der Waals surface area contributed by atoms with Crippen LogP contribution in [-0.2, 0) is 4.74 Å². The molecule has 0 fully saturated rings. The summed E-state index contributed by atoms with van der Waals surface area (Å²) in [6.07, 6.45) is 0. The maximum absolute atomic E-state index is 13.4. The van der Waals surface area contributed by atoms with Gasteiger partial charge in [0.05, 0.1) is 35.9 Å². The Kier molecular flexibility index (Phi) is 6.16. The number of nitrogens with zero attached hydrogens (tertiary/aromatic N) is 3. The van der Waals surface area contributed by atoms with Gasteiger partial charge in [0, 0.05) is 13.1 Å². The predicted molar refractivity (Wildman–Crippen MR) is 113 cm³/mol. The zero-order valence-electron chi connectivity index (χ0n) is 17.1. The van der Waals surface area contributed by atoms with Crippen molar-refractivity contribution in [1.29, 1.82) is 0 Å². The Balaban J connectivity index is 2.26. The lowest BCUT2D eigenvalue weighted by atomic mass is 10.1. The van der Waals surface area contributed by atoms with E-state index in [9.17, 15) is 9.59 Å². The first kappa shape index (κ1) is 20.4. The van der Waals surface area contributed by atoms with E-state index in [1.54, 1.807) is 22.8 Å². The van der Waals surface area contributed by atoms with Crippen molar-refractivity contribution in [3.05, 3.63) is 58.4 Å². The van der Waals surface area contributed by atoms with Crippen LogP contribution in [0.2, 0.25) is 0 Å². The molecule has 29 heavy (non-hydrogen) atoms. The van der Waals surface area contributed by atoms with E-state index in [-0.39, 0.29) is 5.56 Å². The third-order valence-electron chi connectivity index (χ3n) is 4.72. The van der Waals surface area contributed by atoms with Crippen molar-refractivity contribution in [2.24, 2.45) is 0 Å². The molecular formula is C22H25N3O4. The Hall–Kier alpha value is -3.35. The van der Waals surface area contributed by atoms with Gasteiger partial charge in [-0.3, -0.25) is 4.79 Å². The Morgan fingerprint density at radius 3 is 2.34 bits per heavy atom. The minimum atomic E-state index is -0.464. The van der Waals surface area contributed by atoms with Gasteiger partial charge in [0.1, 0.15) is 5.75 Å². The average molecular weight is 395 g/mol. The molecule has 0 aliphatic rings. The highest BCUT2D eigenvalue weighted by atomic mass is 16.5. The molecule has 0 saturated carbocycles. The summed E-state index contributed by atoms with van der Waals surface area (Å²) >= 11 is 0. The van der Waals surface area contributed by atoms with E-state index in [0.29, 0.717) is 47.8 Å². The lowest BCUT2D eigenvalue weighted by Gasteiger charge is -2.24. The van der Waals surface area contributed by atoms with Gasteiger partial charge in [0.15, 0.2) is 0 Å². The van der Waals surface area contributed by atoms with Crippen molar-refractivity contribution >= 4 is 22.8 Å². The van der Waals surface area contributed by atoms with E-state index >= 15 is 0 Å². The quantitative estimate of drug-likeness (QED) is 0.571. The van der Waals surface area contributed by atoms with E-state index in [2.05, 4.69) is 0 Å². The molecule has 0 saturated heterocycles. The van der Waals surface area contributed by atoms with Gasteiger partial charge >= 0.3 is 5.97 Å². The molecule has 7 nitrogen and oxygen atoms in total. The molecule has 0 bridgehead atoms. The van der Waals surface area contributed by atoms with Crippen LogP contribution in [-0.4, -0.2) is 42.3 Å². The first-order chi connectivity index (χ1) is 14.0. The largest absolute Gasteiger partial charge is 0.494 e. The molecule has 0 aliphatic heterocycles. The lowest BCUT2D eigenvalue weighted by molar-refractivity contribution is 0.0601. The zero-order valence-corrected chi connectivity index (χ0v) is 17.1. The van der Waals surface area contributed by atoms with Crippen molar-refractivity contribution in [3.63, 3.8) is 0 Å². The monoisotopic (exact) mass is 395 g/mol. The molecule has 2 aromatic carbocycles. The number of carbonyl (C=O) groups is 1. The standard InChI is InChI=1S/C22H25N3O4/c1-5-24(6-2)22-23-19-14-15(21(27)28-4)8-13-18(19)20(26)25(22)16-9-11-17(12-10-16)29-7-3/h8-14H,5-7H2,1-4H3. The fourth-order valence-corrected chi connectivity index (χ4v) is 3.23. The van der Waals surface area contributed by atoms with Crippen molar-refractivity contribution in [2.45, 2.75) is 20.8 Å². The van der Waals surface area contributed by atoms with Crippen LogP contribution in [0.5, 0.6) is 5.75 Å². The highest BCUT2D eigenvalue weighted by Crippen LogP contribution is 2.22. The average Bonchev–Trinajstić information content (AvgIpc) is 2.75. The number of ether oxygens (including phenoxy) is 2. The highest BCUT2D eigenvalue weighted by molar-refractivity contribution is 5.94. The second-order valence-electron chi connectivity index (χ2n) is 6.38. The number of hydrogen-bond donors (Lipinski definition) is 0. The number of hydrogen-bond acceptors (Lipinski definition) is 6. The number of rotatable bonds is 7. The van der Waals surface area contributed by atoms with E-state index < -0.39 is 5.97 Å². The first-order valence-corrected chi connectivity index (χ1v) is 9.67. The third kappa shape index (κ3) is 3.94. The molecule has 0 unspecified atom stereocenters. The van der Waals surface area contributed by atoms with Gasteiger partial charge in [-0.1, -0.05) is 0 Å². The SMILES string of the molecule is CCOc1ccc(-n2c(N(CC)CC)nc3cc(C(=O)OC)ccc3c2=O)cc1. The summed E-state index contributed by atoms with van der Waals surface area (Å²) in [5, 5.41) is 0.433. The Morgan fingerprint density at radius 2 is 1.76 bits per heavy atom. The van der Waals surface area contributed by atoms with Crippen LogP contribution in [0, 0.1) is 0 Å². The number of esters is 1. The predicted octanol–water partition coefficient (Wildman–Crippen LogP) is 3.42. The second-order valence-corrected chi connectivity index (χ2v) is 6.38. The minimum absolute atomic E-state index is 0.197. The van der Waals surface area contributed by atoms with Gasteiger partial charge in [-0.25, -0.2) is 14.3 Å². The summed E-state index contributed by atoms with van der Waals surface area (Å²) in [6.45, 7) is 7.88. The Labute approximate surface area is 169 Å².